The van der Waals surface area contributed by atoms with Gasteiger partial charge >= 0.3 is 5.97 Å². The Morgan fingerprint density at radius 2 is 2.33 bits per heavy atom. The number of benzene rings is 1. The van der Waals surface area contributed by atoms with Crippen LogP contribution in [0.15, 0.2) is 28.7 Å². The summed E-state index contributed by atoms with van der Waals surface area (Å²) in [4.78, 5) is 11.9. The fourth-order valence-electron chi connectivity index (χ4n) is 1.41. The molecule has 4 heteroatoms. The second-order valence-electron chi connectivity index (χ2n) is 3.17. The van der Waals surface area contributed by atoms with Crippen LogP contribution in [0.3, 0.4) is 0 Å². The molecule has 2 rings (SSSR count). The van der Waals surface area contributed by atoms with Crippen molar-refractivity contribution in [1.29, 1.82) is 0 Å². The molecule has 0 amide bonds. The van der Waals surface area contributed by atoms with Crippen molar-refractivity contribution in [2.24, 2.45) is 0 Å². The number of hydrogen-bond donors (Lipinski definition) is 1. The van der Waals surface area contributed by atoms with E-state index in [1.54, 1.807) is 13.2 Å². The van der Waals surface area contributed by atoms with Crippen LogP contribution in [0, 0.1) is 0 Å². The maximum Gasteiger partial charge on any atom is 0.332 e. The van der Waals surface area contributed by atoms with Gasteiger partial charge in [-0.1, -0.05) is 0 Å². The van der Waals surface area contributed by atoms with Crippen LogP contribution in [-0.4, -0.2) is 23.9 Å². The van der Waals surface area contributed by atoms with E-state index in [-0.39, 0.29) is 0 Å². The summed E-state index contributed by atoms with van der Waals surface area (Å²) < 4.78 is 5.09. The van der Waals surface area contributed by atoms with Crippen LogP contribution in [0.25, 0.3) is 6.08 Å². The van der Waals surface area contributed by atoms with Crippen LogP contribution in [-0.2, 0) is 4.79 Å². The highest BCUT2D eigenvalue weighted by Gasteiger charge is 2.15. The Kier molecular flexibility index (Phi) is 2.68. The minimum atomic E-state index is -0.851. The molecule has 0 bridgehead atoms. The molecular weight excluding hydrogens is 212 g/mol. The van der Waals surface area contributed by atoms with Gasteiger partial charge in [-0.25, -0.2) is 4.79 Å². The molecule has 0 unspecified atom stereocenters. The van der Waals surface area contributed by atoms with Gasteiger partial charge in [-0.2, -0.15) is 0 Å². The molecule has 0 atom stereocenters. The van der Waals surface area contributed by atoms with E-state index in [4.69, 9.17) is 9.84 Å². The smallest absolute Gasteiger partial charge is 0.332 e. The van der Waals surface area contributed by atoms with Crippen molar-refractivity contribution in [2.75, 3.05) is 12.9 Å². The third-order valence-corrected chi connectivity index (χ3v) is 3.34. The summed E-state index contributed by atoms with van der Waals surface area (Å²) in [6.07, 6.45) is 1.71. The van der Waals surface area contributed by atoms with E-state index < -0.39 is 5.97 Å². The summed E-state index contributed by atoms with van der Waals surface area (Å²) in [5.74, 6) is 0.419. The molecule has 0 saturated carbocycles. The second-order valence-corrected chi connectivity index (χ2v) is 4.18. The fourth-order valence-corrected chi connectivity index (χ4v) is 2.37. The Labute approximate surface area is 91.8 Å². The van der Waals surface area contributed by atoms with Gasteiger partial charge in [0.15, 0.2) is 0 Å². The molecule has 3 nitrogen and oxygen atoms in total. The first-order valence-electron chi connectivity index (χ1n) is 4.45. The molecule has 1 N–H and O–H groups in total. The Balaban J connectivity index is 2.43. The second kappa shape index (κ2) is 3.98. The van der Waals surface area contributed by atoms with Gasteiger partial charge in [-0.05, 0) is 29.8 Å². The van der Waals surface area contributed by atoms with Crippen LogP contribution in [0.4, 0.5) is 0 Å². The van der Waals surface area contributed by atoms with Gasteiger partial charge in [0.05, 0.1) is 7.11 Å². The lowest BCUT2D eigenvalue weighted by atomic mass is 10.1. The quantitative estimate of drug-likeness (QED) is 0.833. The number of carbonyl (C=O) groups is 1. The Hall–Kier alpha value is -1.42. The molecule has 0 aliphatic carbocycles. The molecule has 0 spiro atoms. The van der Waals surface area contributed by atoms with Crippen LogP contribution in [0.1, 0.15) is 5.56 Å². The fraction of sp³-hybridized carbons (Fsp3) is 0.182. The lowest BCUT2D eigenvalue weighted by Crippen LogP contribution is -2.06. The summed E-state index contributed by atoms with van der Waals surface area (Å²) in [6, 6.07) is 5.68. The highest BCUT2D eigenvalue weighted by atomic mass is 32.2. The van der Waals surface area contributed by atoms with Gasteiger partial charge in [0.2, 0.25) is 0 Å². The summed E-state index contributed by atoms with van der Waals surface area (Å²) in [5, 5.41) is 8.88. The highest BCUT2D eigenvalue weighted by molar-refractivity contribution is 7.99. The molecule has 0 saturated heterocycles. The first-order valence-corrected chi connectivity index (χ1v) is 5.44. The molecule has 0 fully saturated rings. The van der Waals surface area contributed by atoms with Gasteiger partial charge < -0.3 is 9.84 Å². The van der Waals surface area contributed by atoms with Crippen molar-refractivity contribution in [3.05, 3.63) is 29.3 Å². The van der Waals surface area contributed by atoms with E-state index in [0.29, 0.717) is 11.3 Å². The molecule has 0 radical (unpaired) electrons. The van der Waals surface area contributed by atoms with Crippen molar-refractivity contribution < 1.29 is 14.6 Å². The number of thioether (sulfide) groups is 1. The summed E-state index contributed by atoms with van der Waals surface area (Å²) >= 11 is 1.54. The van der Waals surface area contributed by atoms with Crippen molar-refractivity contribution in [1.82, 2.24) is 0 Å². The van der Waals surface area contributed by atoms with E-state index in [9.17, 15) is 4.79 Å². The first kappa shape index (κ1) is 10.1. The molecule has 1 aliphatic heterocycles. The van der Waals surface area contributed by atoms with Crippen LogP contribution in [0.2, 0.25) is 0 Å². The molecule has 1 aliphatic rings. The first-order chi connectivity index (χ1) is 7.20. The number of carboxylic acids is 1. The molecule has 1 aromatic carbocycles. The van der Waals surface area contributed by atoms with E-state index >= 15 is 0 Å². The SMILES string of the molecule is COc1ccc2c(c1)C=C(C(=O)O)CS2. The molecule has 1 aromatic rings. The van der Waals surface area contributed by atoms with Gasteiger partial charge in [0.1, 0.15) is 5.75 Å². The van der Waals surface area contributed by atoms with Crippen LogP contribution < -0.4 is 4.74 Å². The number of hydrogen-bond acceptors (Lipinski definition) is 3. The highest BCUT2D eigenvalue weighted by Crippen LogP contribution is 2.33. The zero-order valence-corrected chi connectivity index (χ0v) is 9.00. The summed E-state index contributed by atoms with van der Waals surface area (Å²) in [5.41, 5.74) is 1.35. The normalized spacial score (nSPS) is 14.1. The standard InChI is InChI=1S/C11H10O3S/c1-14-9-2-3-10-7(5-9)4-8(6-15-10)11(12)13/h2-5H,6H2,1H3,(H,12,13). The van der Waals surface area contributed by atoms with E-state index in [0.717, 1.165) is 16.2 Å². The largest absolute Gasteiger partial charge is 0.497 e. The van der Waals surface area contributed by atoms with Crippen molar-refractivity contribution in [3.63, 3.8) is 0 Å². The summed E-state index contributed by atoms with van der Waals surface area (Å²) in [6.45, 7) is 0. The van der Waals surface area contributed by atoms with Gasteiger partial charge in [0, 0.05) is 16.2 Å². The molecular formula is C11H10O3S. The number of carboxylic acid groups (broad SMARTS) is 1. The number of methoxy groups -OCH3 is 1. The lowest BCUT2D eigenvalue weighted by molar-refractivity contribution is -0.132. The lowest BCUT2D eigenvalue weighted by Gasteiger charge is -2.14. The summed E-state index contributed by atoms with van der Waals surface area (Å²) in [7, 11) is 1.60. The Bertz CT molecular complexity index is 437. The van der Waals surface area contributed by atoms with Gasteiger partial charge in [-0.15, -0.1) is 11.8 Å². The van der Waals surface area contributed by atoms with Crippen molar-refractivity contribution >= 4 is 23.8 Å². The van der Waals surface area contributed by atoms with Crippen molar-refractivity contribution in [3.8, 4) is 5.75 Å². The maximum absolute atomic E-state index is 10.8. The minimum Gasteiger partial charge on any atom is -0.497 e. The predicted molar refractivity (Wildman–Crippen MR) is 59.3 cm³/mol. The van der Waals surface area contributed by atoms with Crippen molar-refractivity contribution in [2.45, 2.75) is 4.90 Å². The number of rotatable bonds is 2. The maximum atomic E-state index is 10.8. The third kappa shape index (κ3) is 1.99. The van der Waals surface area contributed by atoms with Gasteiger partial charge in [-0.3, -0.25) is 0 Å². The zero-order chi connectivity index (χ0) is 10.8. The number of fused-ring (bicyclic) bond motifs is 1. The molecule has 0 aromatic heterocycles. The molecule has 15 heavy (non-hydrogen) atoms. The van der Waals surface area contributed by atoms with E-state index in [2.05, 4.69) is 0 Å². The third-order valence-electron chi connectivity index (χ3n) is 2.20. The number of ether oxygens (including phenoxy) is 1. The van der Waals surface area contributed by atoms with Crippen LogP contribution in [0.5, 0.6) is 5.75 Å². The molecule has 1 heterocycles. The van der Waals surface area contributed by atoms with Gasteiger partial charge in [0.25, 0.3) is 0 Å². The number of aliphatic carboxylic acids is 1. The van der Waals surface area contributed by atoms with E-state index in [1.165, 1.54) is 11.8 Å². The van der Waals surface area contributed by atoms with Crippen LogP contribution >= 0.6 is 11.8 Å². The van der Waals surface area contributed by atoms with E-state index in [1.807, 2.05) is 18.2 Å². The topological polar surface area (TPSA) is 46.5 Å². The minimum absolute atomic E-state index is 0.431. The zero-order valence-electron chi connectivity index (χ0n) is 8.19. The monoisotopic (exact) mass is 222 g/mol. The molecule has 78 valence electrons. The Morgan fingerprint density at radius 1 is 1.53 bits per heavy atom. The average molecular weight is 222 g/mol. The predicted octanol–water partition coefficient (Wildman–Crippen LogP) is 2.27. The Morgan fingerprint density at radius 3 is 3.00 bits per heavy atom. The average Bonchev–Trinajstić information content (AvgIpc) is 2.27.